The Morgan fingerprint density at radius 2 is 2.21 bits per heavy atom. The van der Waals surface area contributed by atoms with Gasteiger partial charge in [-0.15, -0.1) is 0 Å². The minimum Gasteiger partial charge on any atom is -0.308 e. The minimum atomic E-state index is 0.671. The Morgan fingerprint density at radius 1 is 1.43 bits per heavy atom. The molecule has 1 aliphatic heterocycles. The lowest BCUT2D eigenvalue weighted by Gasteiger charge is -2.36. The van der Waals surface area contributed by atoms with Gasteiger partial charge >= 0.3 is 0 Å². The van der Waals surface area contributed by atoms with Gasteiger partial charge in [-0.3, -0.25) is 4.90 Å². The molecule has 1 heterocycles. The molecule has 14 heavy (non-hydrogen) atoms. The molecule has 3 heteroatoms. The molecule has 0 amide bonds. The van der Waals surface area contributed by atoms with Crippen molar-refractivity contribution < 1.29 is 0 Å². The van der Waals surface area contributed by atoms with Gasteiger partial charge in [-0.1, -0.05) is 6.42 Å². The van der Waals surface area contributed by atoms with Crippen LogP contribution in [-0.4, -0.2) is 49.6 Å². The minimum absolute atomic E-state index is 0.671. The molecule has 1 saturated heterocycles. The standard InChI is InChI=1S/C11H21N3/c1-13(2)10-11-6-3-4-8-14(11)9-5-7-12/h11H,3-6,8-10H2,1-2H3. The number of likely N-dealkylation sites (N-methyl/N-ethyl adjacent to an activating group) is 1. The van der Waals surface area contributed by atoms with E-state index in [0.717, 1.165) is 13.1 Å². The van der Waals surface area contributed by atoms with E-state index >= 15 is 0 Å². The Kier molecular flexibility index (Phi) is 4.92. The molecule has 0 N–H and O–H groups in total. The average molecular weight is 195 g/mol. The number of piperidine rings is 1. The van der Waals surface area contributed by atoms with Crippen LogP contribution in [-0.2, 0) is 0 Å². The lowest BCUT2D eigenvalue weighted by molar-refractivity contribution is 0.124. The molecule has 80 valence electrons. The van der Waals surface area contributed by atoms with Gasteiger partial charge in [0.2, 0.25) is 0 Å². The first-order valence-electron chi connectivity index (χ1n) is 5.49. The van der Waals surface area contributed by atoms with Gasteiger partial charge in [-0.25, -0.2) is 0 Å². The van der Waals surface area contributed by atoms with Gasteiger partial charge in [0.1, 0.15) is 0 Å². The second-order valence-electron chi connectivity index (χ2n) is 4.36. The van der Waals surface area contributed by atoms with E-state index < -0.39 is 0 Å². The summed E-state index contributed by atoms with van der Waals surface area (Å²) in [4.78, 5) is 4.72. The van der Waals surface area contributed by atoms with Crippen LogP contribution >= 0.6 is 0 Å². The molecule has 3 nitrogen and oxygen atoms in total. The van der Waals surface area contributed by atoms with Crippen molar-refractivity contribution in [3.8, 4) is 6.07 Å². The van der Waals surface area contributed by atoms with Crippen molar-refractivity contribution >= 4 is 0 Å². The van der Waals surface area contributed by atoms with E-state index in [9.17, 15) is 0 Å². The molecule has 0 radical (unpaired) electrons. The number of likely N-dealkylation sites (tertiary alicyclic amines) is 1. The smallest absolute Gasteiger partial charge is 0.0635 e. The highest BCUT2D eigenvalue weighted by molar-refractivity contribution is 4.81. The fraction of sp³-hybridized carbons (Fsp3) is 0.909. The molecule has 1 rings (SSSR count). The molecule has 0 aliphatic carbocycles. The van der Waals surface area contributed by atoms with Crippen LogP contribution in [0.4, 0.5) is 0 Å². The van der Waals surface area contributed by atoms with Crippen LogP contribution in [0.3, 0.4) is 0 Å². The van der Waals surface area contributed by atoms with E-state index in [4.69, 9.17) is 5.26 Å². The zero-order valence-electron chi connectivity index (χ0n) is 9.37. The monoisotopic (exact) mass is 195 g/mol. The molecule has 0 aromatic heterocycles. The van der Waals surface area contributed by atoms with Crippen molar-refractivity contribution in [1.82, 2.24) is 9.80 Å². The summed E-state index contributed by atoms with van der Waals surface area (Å²) in [5.74, 6) is 0. The zero-order valence-corrected chi connectivity index (χ0v) is 9.37. The Morgan fingerprint density at radius 3 is 2.86 bits per heavy atom. The fourth-order valence-corrected chi connectivity index (χ4v) is 2.18. The summed E-state index contributed by atoms with van der Waals surface area (Å²) in [5.41, 5.74) is 0. The Bertz CT molecular complexity index is 195. The van der Waals surface area contributed by atoms with Gasteiger partial charge in [0.15, 0.2) is 0 Å². The highest BCUT2D eigenvalue weighted by Gasteiger charge is 2.21. The molecular weight excluding hydrogens is 174 g/mol. The lowest BCUT2D eigenvalue weighted by Crippen LogP contribution is -2.45. The quantitative estimate of drug-likeness (QED) is 0.677. The van der Waals surface area contributed by atoms with Crippen molar-refractivity contribution in [2.45, 2.75) is 31.7 Å². The summed E-state index contributed by atoms with van der Waals surface area (Å²) in [6.07, 6.45) is 4.62. The molecule has 0 aromatic carbocycles. The van der Waals surface area contributed by atoms with E-state index in [0.29, 0.717) is 12.5 Å². The maximum Gasteiger partial charge on any atom is 0.0635 e. The Balaban J connectivity index is 2.38. The van der Waals surface area contributed by atoms with E-state index in [-0.39, 0.29) is 0 Å². The highest BCUT2D eigenvalue weighted by atomic mass is 15.2. The summed E-state index contributed by atoms with van der Waals surface area (Å²) in [5, 5.41) is 8.58. The topological polar surface area (TPSA) is 30.3 Å². The normalized spacial score (nSPS) is 23.7. The molecule has 0 saturated carbocycles. The second kappa shape index (κ2) is 6.00. The molecular formula is C11H21N3. The second-order valence-corrected chi connectivity index (χ2v) is 4.36. The van der Waals surface area contributed by atoms with Crippen LogP contribution in [0.1, 0.15) is 25.7 Å². The van der Waals surface area contributed by atoms with E-state index in [1.54, 1.807) is 0 Å². The molecule has 1 aliphatic rings. The molecule has 1 atom stereocenters. The van der Waals surface area contributed by atoms with Gasteiger partial charge in [0.05, 0.1) is 6.07 Å². The van der Waals surface area contributed by atoms with Crippen LogP contribution in [0.5, 0.6) is 0 Å². The van der Waals surface area contributed by atoms with Gasteiger partial charge < -0.3 is 4.90 Å². The Hall–Kier alpha value is -0.590. The summed E-state index contributed by atoms with van der Waals surface area (Å²) < 4.78 is 0. The van der Waals surface area contributed by atoms with Crippen LogP contribution in [0.25, 0.3) is 0 Å². The average Bonchev–Trinajstić information content (AvgIpc) is 2.16. The van der Waals surface area contributed by atoms with E-state index in [1.807, 2.05) is 0 Å². The number of hydrogen-bond donors (Lipinski definition) is 0. The van der Waals surface area contributed by atoms with Crippen molar-refractivity contribution in [1.29, 1.82) is 5.26 Å². The van der Waals surface area contributed by atoms with E-state index in [2.05, 4.69) is 30.0 Å². The predicted octanol–water partition coefficient (Wildman–Crippen LogP) is 1.32. The largest absolute Gasteiger partial charge is 0.308 e. The van der Waals surface area contributed by atoms with Crippen molar-refractivity contribution in [3.63, 3.8) is 0 Å². The number of nitriles is 1. The Labute approximate surface area is 87.3 Å². The lowest BCUT2D eigenvalue weighted by atomic mass is 10.0. The SMILES string of the molecule is CN(C)CC1CCCCN1CCC#N. The van der Waals surface area contributed by atoms with Crippen LogP contribution in [0.15, 0.2) is 0 Å². The van der Waals surface area contributed by atoms with Gasteiger partial charge in [0, 0.05) is 25.6 Å². The van der Waals surface area contributed by atoms with Gasteiger partial charge in [0.25, 0.3) is 0 Å². The maximum atomic E-state index is 8.58. The third-order valence-corrected chi connectivity index (χ3v) is 2.84. The molecule has 0 spiro atoms. The number of nitrogens with zero attached hydrogens (tertiary/aromatic N) is 3. The van der Waals surface area contributed by atoms with Gasteiger partial charge in [-0.05, 0) is 33.5 Å². The molecule has 1 fully saturated rings. The van der Waals surface area contributed by atoms with Crippen molar-refractivity contribution in [2.24, 2.45) is 0 Å². The van der Waals surface area contributed by atoms with Crippen LogP contribution in [0.2, 0.25) is 0 Å². The third-order valence-electron chi connectivity index (χ3n) is 2.84. The first-order chi connectivity index (χ1) is 6.74. The highest BCUT2D eigenvalue weighted by Crippen LogP contribution is 2.17. The number of hydrogen-bond acceptors (Lipinski definition) is 3. The van der Waals surface area contributed by atoms with Crippen LogP contribution < -0.4 is 0 Å². The summed E-state index contributed by atoms with van der Waals surface area (Å²) in [6.45, 7) is 3.26. The molecule has 0 bridgehead atoms. The predicted molar refractivity (Wildman–Crippen MR) is 58.0 cm³/mol. The summed E-state index contributed by atoms with van der Waals surface area (Å²) >= 11 is 0. The number of rotatable bonds is 4. The maximum absolute atomic E-state index is 8.58. The summed E-state index contributed by atoms with van der Waals surface area (Å²) in [6, 6.07) is 2.91. The zero-order chi connectivity index (χ0) is 10.4. The van der Waals surface area contributed by atoms with Crippen LogP contribution in [0, 0.1) is 11.3 Å². The molecule has 1 unspecified atom stereocenters. The molecule has 0 aromatic rings. The van der Waals surface area contributed by atoms with E-state index in [1.165, 1.54) is 25.8 Å². The van der Waals surface area contributed by atoms with Gasteiger partial charge in [-0.2, -0.15) is 5.26 Å². The third kappa shape index (κ3) is 3.65. The fourth-order valence-electron chi connectivity index (χ4n) is 2.18. The first-order valence-corrected chi connectivity index (χ1v) is 5.49. The first kappa shape index (κ1) is 11.5. The summed E-state index contributed by atoms with van der Waals surface area (Å²) in [7, 11) is 4.24. The van der Waals surface area contributed by atoms with Crippen molar-refractivity contribution in [3.05, 3.63) is 0 Å². The van der Waals surface area contributed by atoms with Crippen molar-refractivity contribution in [2.75, 3.05) is 33.7 Å².